The number of carbonyl (C=O) groups excluding carboxylic acids is 1. The Labute approximate surface area is 128 Å². The highest BCUT2D eigenvalue weighted by atomic mass is 16.5. The van der Waals surface area contributed by atoms with Crippen LogP contribution in [0.5, 0.6) is 5.75 Å². The summed E-state index contributed by atoms with van der Waals surface area (Å²) >= 11 is 0. The Hall–Kier alpha value is -3.01. The van der Waals surface area contributed by atoms with Crippen LogP contribution in [-0.2, 0) is 6.61 Å². The summed E-state index contributed by atoms with van der Waals surface area (Å²) in [7, 11) is 0. The van der Waals surface area contributed by atoms with Crippen molar-refractivity contribution in [3.8, 4) is 5.75 Å². The molecule has 22 heavy (non-hydrogen) atoms. The van der Waals surface area contributed by atoms with Gasteiger partial charge < -0.3 is 16.2 Å². The molecule has 4 heteroatoms. The van der Waals surface area contributed by atoms with Crippen molar-refractivity contribution in [2.24, 2.45) is 5.73 Å². The van der Waals surface area contributed by atoms with Gasteiger partial charge in [0, 0.05) is 5.69 Å². The molecule has 0 heterocycles. The lowest BCUT2D eigenvalue weighted by molar-refractivity contribution is 0.0996. The molecule has 0 radical (unpaired) electrons. The second kappa shape index (κ2) is 5.77. The third-order valence-electron chi connectivity index (χ3n) is 3.53. The van der Waals surface area contributed by atoms with Crippen LogP contribution in [0.1, 0.15) is 15.9 Å². The van der Waals surface area contributed by atoms with Gasteiger partial charge in [-0.05, 0) is 34.5 Å². The minimum absolute atomic E-state index is 0.292. The zero-order valence-corrected chi connectivity index (χ0v) is 12.0. The molecule has 0 aromatic heterocycles. The summed E-state index contributed by atoms with van der Waals surface area (Å²) in [6, 6.07) is 19.0. The Bertz CT molecular complexity index is 838. The van der Waals surface area contributed by atoms with Gasteiger partial charge in [0.2, 0.25) is 0 Å². The minimum Gasteiger partial charge on any atom is -0.488 e. The molecule has 3 aromatic rings. The number of anilines is 1. The van der Waals surface area contributed by atoms with Crippen molar-refractivity contribution in [1.29, 1.82) is 0 Å². The third-order valence-corrected chi connectivity index (χ3v) is 3.53. The Morgan fingerprint density at radius 3 is 2.59 bits per heavy atom. The van der Waals surface area contributed by atoms with Crippen LogP contribution in [0.25, 0.3) is 10.8 Å². The highest BCUT2D eigenvalue weighted by molar-refractivity contribution is 5.96. The standard InChI is InChI=1S/C18H16N2O2/c19-14-8-9-17(16(10-14)18(20)21)22-11-13-6-3-5-12-4-1-2-7-15(12)13/h1-10H,11,19H2,(H2,20,21). The van der Waals surface area contributed by atoms with Crippen LogP contribution in [0.15, 0.2) is 60.7 Å². The number of hydrogen-bond donors (Lipinski definition) is 2. The molecule has 0 saturated heterocycles. The van der Waals surface area contributed by atoms with E-state index in [4.69, 9.17) is 16.2 Å². The van der Waals surface area contributed by atoms with Crippen LogP contribution in [0.4, 0.5) is 5.69 Å². The predicted molar refractivity (Wildman–Crippen MR) is 87.7 cm³/mol. The zero-order valence-electron chi connectivity index (χ0n) is 12.0. The molecule has 0 spiro atoms. The van der Waals surface area contributed by atoms with Crippen molar-refractivity contribution in [2.45, 2.75) is 6.61 Å². The van der Waals surface area contributed by atoms with Gasteiger partial charge in [-0.2, -0.15) is 0 Å². The van der Waals surface area contributed by atoms with E-state index in [1.807, 2.05) is 30.3 Å². The largest absolute Gasteiger partial charge is 0.488 e. The number of primary amides is 1. The van der Waals surface area contributed by atoms with Gasteiger partial charge in [0.15, 0.2) is 0 Å². The topological polar surface area (TPSA) is 78.3 Å². The maximum Gasteiger partial charge on any atom is 0.252 e. The molecule has 1 amide bonds. The van der Waals surface area contributed by atoms with E-state index in [0.717, 1.165) is 16.3 Å². The predicted octanol–water partition coefficient (Wildman–Crippen LogP) is 3.10. The molecule has 0 aliphatic rings. The Kier molecular flexibility index (Phi) is 3.66. The molecule has 0 fully saturated rings. The number of ether oxygens (including phenoxy) is 1. The lowest BCUT2D eigenvalue weighted by atomic mass is 10.1. The molecule has 4 N–H and O–H groups in total. The number of rotatable bonds is 4. The van der Waals surface area contributed by atoms with E-state index in [2.05, 4.69) is 12.1 Å². The van der Waals surface area contributed by atoms with E-state index in [1.165, 1.54) is 6.07 Å². The molecular formula is C18H16N2O2. The molecule has 0 atom stereocenters. The van der Waals surface area contributed by atoms with Crippen molar-refractivity contribution < 1.29 is 9.53 Å². The Morgan fingerprint density at radius 1 is 1.00 bits per heavy atom. The SMILES string of the molecule is NC(=O)c1cc(N)ccc1OCc1cccc2ccccc12. The van der Waals surface area contributed by atoms with Gasteiger partial charge in [0.1, 0.15) is 12.4 Å². The van der Waals surface area contributed by atoms with Crippen molar-refractivity contribution in [3.05, 3.63) is 71.8 Å². The van der Waals surface area contributed by atoms with Gasteiger partial charge in [0.25, 0.3) is 5.91 Å². The first-order valence-electron chi connectivity index (χ1n) is 6.94. The average molecular weight is 292 g/mol. The molecule has 3 aromatic carbocycles. The van der Waals surface area contributed by atoms with Crippen LogP contribution in [0.2, 0.25) is 0 Å². The average Bonchev–Trinajstić information content (AvgIpc) is 2.53. The van der Waals surface area contributed by atoms with Crippen molar-refractivity contribution in [1.82, 2.24) is 0 Å². The number of nitrogens with two attached hydrogens (primary N) is 2. The first kappa shape index (κ1) is 13.9. The van der Waals surface area contributed by atoms with Crippen LogP contribution >= 0.6 is 0 Å². The van der Waals surface area contributed by atoms with E-state index in [0.29, 0.717) is 23.6 Å². The van der Waals surface area contributed by atoms with Crippen LogP contribution < -0.4 is 16.2 Å². The number of carbonyl (C=O) groups is 1. The van der Waals surface area contributed by atoms with Crippen LogP contribution in [0.3, 0.4) is 0 Å². The number of hydrogen-bond acceptors (Lipinski definition) is 3. The van der Waals surface area contributed by atoms with Gasteiger partial charge in [-0.15, -0.1) is 0 Å². The fourth-order valence-electron chi connectivity index (χ4n) is 2.44. The van der Waals surface area contributed by atoms with E-state index in [9.17, 15) is 4.79 Å². The summed E-state index contributed by atoms with van der Waals surface area (Å²) < 4.78 is 5.79. The Morgan fingerprint density at radius 2 is 1.77 bits per heavy atom. The minimum atomic E-state index is -0.555. The second-order valence-electron chi connectivity index (χ2n) is 5.05. The summed E-state index contributed by atoms with van der Waals surface area (Å²) in [5, 5.41) is 2.28. The number of nitrogen functional groups attached to an aromatic ring is 1. The van der Waals surface area contributed by atoms with Crippen molar-refractivity contribution in [3.63, 3.8) is 0 Å². The number of benzene rings is 3. The normalized spacial score (nSPS) is 10.5. The third kappa shape index (κ3) is 2.72. The summed E-state index contributed by atoms with van der Waals surface area (Å²) in [5.74, 6) is -0.116. The molecule has 3 rings (SSSR count). The lowest BCUT2D eigenvalue weighted by Crippen LogP contribution is -2.13. The lowest BCUT2D eigenvalue weighted by Gasteiger charge is -2.12. The van der Waals surface area contributed by atoms with Gasteiger partial charge >= 0.3 is 0 Å². The van der Waals surface area contributed by atoms with Gasteiger partial charge in [-0.1, -0.05) is 42.5 Å². The molecule has 0 saturated carbocycles. The molecule has 110 valence electrons. The maximum atomic E-state index is 11.5. The fourth-order valence-corrected chi connectivity index (χ4v) is 2.44. The van der Waals surface area contributed by atoms with Gasteiger partial charge in [-0.3, -0.25) is 4.79 Å². The molecule has 0 aliphatic carbocycles. The molecule has 0 bridgehead atoms. The molecule has 0 unspecified atom stereocenters. The molecule has 0 aliphatic heterocycles. The van der Waals surface area contributed by atoms with Crippen LogP contribution in [0, 0.1) is 0 Å². The molecule has 4 nitrogen and oxygen atoms in total. The first-order chi connectivity index (χ1) is 10.6. The molecular weight excluding hydrogens is 276 g/mol. The summed E-state index contributed by atoms with van der Waals surface area (Å²) in [6.45, 7) is 0.353. The second-order valence-corrected chi connectivity index (χ2v) is 5.05. The number of fused-ring (bicyclic) bond motifs is 1. The summed E-state index contributed by atoms with van der Waals surface area (Å²) in [6.07, 6.45) is 0. The highest BCUT2D eigenvalue weighted by Crippen LogP contribution is 2.24. The maximum absolute atomic E-state index is 11.5. The van der Waals surface area contributed by atoms with E-state index in [-0.39, 0.29) is 0 Å². The van der Waals surface area contributed by atoms with Crippen LogP contribution in [-0.4, -0.2) is 5.91 Å². The Balaban J connectivity index is 1.90. The van der Waals surface area contributed by atoms with E-state index in [1.54, 1.807) is 12.1 Å². The van der Waals surface area contributed by atoms with E-state index >= 15 is 0 Å². The first-order valence-corrected chi connectivity index (χ1v) is 6.94. The monoisotopic (exact) mass is 292 g/mol. The number of amides is 1. The summed E-state index contributed by atoms with van der Waals surface area (Å²) in [5.41, 5.74) is 12.9. The van der Waals surface area contributed by atoms with Gasteiger partial charge in [-0.25, -0.2) is 0 Å². The quantitative estimate of drug-likeness (QED) is 0.725. The highest BCUT2D eigenvalue weighted by Gasteiger charge is 2.10. The summed E-state index contributed by atoms with van der Waals surface area (Å²) in [4.78, 5) is 11.5. The van der Waals surface area contributed by atoms with E-state index < -0.39 is 5.91 Å². The fraction of sp³-hybridized carbons (Fsp3) is 0.0556. The van der Waals surface area contributed by atoms with Crippen molar-refractivity contribution >= 4 is 22.4 Å². The van der Waals surface area contributed by atoms with Gasteiger partial charge in [0.05, 0.1) is 5.56 Å². The van der Waals surface area contributed by atoms with Crippen molar-refractivity contribution in [2.75, 3.05) is 5.73 Å². The zero-order chi connectivity index (χ0) is 15.5. The smallest absolute Gasteiger partial charge is 0.252 e.